The van der Waals surface area contributed by atoms with Gasteiger partial charge in [0.25, 0.3) is 0 Å². The Kier molecular flexibility index (Phi) is 5.65. The number of ether oxygens (including phenoxy) is 2. The Hall–Kier alpha value is -0.610. The molecule has 88 valence electrons. The molecule has 1 aliphatic rings. The lowest BCUT2D eigenvalue weighted by Gasteiger charge is -2.15. The van der Waals surface area contributed by atoms with Crippen LogP contribution in [0.25, 0.3) is 0 Å². The molecule has 15 heavy (non-hydrogen) atoms. The number of carbonyl (C=O) groups is 1. The zero-order chi connectivity index (χ0) is 11.1. The summed E-state index contributed by atoms with van der Waals surface area (Å²) in [6, 6.07) is -0.337. The molecule has 0 aliphatic heterocycles. The molecule has 0 aromatic carbocycles. The summed E-state index contributed by atoms with van der Waals surface area (Å²) >= 11 is 0. The van der Waals surface area contributed by atoms with Gasteiger partial charge in [-0.25, -0.2) is 0 Å². The lowest BCUT2D eigenvalue weighted by molar-refractivity contribution is -0.144. The molecule has 1 saturated carbocycles. The van der Waals surface area contributed by atoms with Gasteiger partial charge in [-0.2, -0.15) is 0 Å². The summed E-state index contributed by atoms with van der Waals surface area (Å²) in [5, 5.41) is 2.88. The molecule has 0 spiro atoms. The Morgan fingerprint density at radius 2 is 2.13 bits per heavy atom. The van der Waals surface area contributed by atoms with Gasteiger partial charge in [0.05, 0.1) is 13.7 Å². The van der Waals surface area contributed by atoms with Crippen LogP contribution in [0.3, 0.4) is 0 Å². The fourth-order valence-corrected chi connectivity index (χ4v) is 1.94. The van der Waals surface area contributed by atoms with Gasteiger partial charge in [-0.05, 0) is 25.8 Å². The number of nitrogens with one attached hydrogen (secondary N) is 1. The molecule has 0 heterocycles. The van der Waals surface area contributed by atoms with Crippen LogP contribution < -0.4 is 5.32 Å². The normalized spacial score (nSPS) is 19.1. The van der Waals surface area contributed by atoms with Crippen molar-refractivity contribution in [3.05, 3.63) is 0 Å². The van der Waals surface area contributed by atoms with Gasteiger partial charge >= 0.3 is 5.97 Å². The van der Waals surface area contributed by atoms with Crippen LogP contribution in [0.4, 0.5) is 0 Å². The minimum atomic E-state index is -0.337. The molecule has 0 aromatic heterocycles. The van der Waals surface area contributed by atoms with Crippen molar-refractivity contribution in [3.8, 4) is 0 Å². The maximum absolute atomic E-state index is 11.2. The number of likely N-dealkylation sites (N-methyl/N-ethyl adjacent to an activating group) is 1. The van der Waals surface area contributed by atoms with Crippen molar-refractivity contribution in [2.75, 3.05) is 27.4 Å². The first-order valence-corrected chi connectivity index (χ1v) is 5.60. The first-order chi connectivity index (χ1) is 7.27. The predicted octanol–water partition coefficient (Wildman–Crippen LogP) is 0.954. The molecule has 4 heteroatoms. The van der Waals surface area contributed by atoms with E-state index >= 15 is 0 Å². The number of hydrogen-bond donors (Lipinski definition) is 1. The Labute approximate surface area is 91.3 Å². The molecular weight excluding hydrogens is 194 g/mol. The van der Waals surface area contributed by atoms with Gasteiger partial charge in [-0.1, -0.05) is 12.8 Å². The van der Waals surface area contributed by atoms with Crippen LogP contribution in [0.15, 0.2) is 0 Å². The number of hydrogen-bond acceptors (Lipinski definition) is 4. The van der Waals surface area contributed by atoms with Crippen molar-refractivity contribution in [2.24, 2.45) is 5.92 Å². The van der Waals surface area contributed by atoms with Crippen molar-refractivity contribution in [1.82, 2.24) is 5.32 Å². The van der Waals surface area contributed by atoms with E-state index in [4.69, 9.17) is 4.74 Å². The maximum Gasteiger partial charge on any atom is 0.325 e. The van der Waals surface area contributed by atoms with Gasteiger partial charge in [0.1, 0.15) is 6.04 Å². The van der Waals surface area contributed by atoms with Gasteiger partial charge in [-0.3, -0.25) is 4.79 Å². The molecule has 1 atom stereocenters. The smallest absolute Gasteiger partial charge is 0.325 e. The van der Waals surface area contributed by atoms with Crippen molar-refractivity contribution < 1.29 is 14.3 Å². The second-order valence-electron chi connectivity index (χ2n) is 4.05. The molecule has 1 N–H and O–H groups in total. The highest BCUT2D eigenvalue weighted by atomic mass is 16.5. The van der Waals surface area contributed by atoms with E-state index < -0.39 is 0 Å². The van der Waals surface area contributed by atoms with Crippen LogP contribution in [-0.4, -0.2) is 39.4 Å². The molecule has 0 bridgehead atoms. The highest BCUT2D eigenvalue weighted by molar-refractivity contribution is 5.75. The van der Waals surface area contributed by atoms with Gasteiger partial charge in [0.2, 0.25) is 0 Å². The lowest BCUT2D eigenvalue weighted by Crippen LogP contribution is -2.39. The van der Waals surface area contributed by atoms with Crippen molar-refractivity contribution in [1.29, 1.82) is 0 Å². The monoisotopic (exact) mass is 215 g/mol. The van der Waals surface area contributed by atoms with E-state index in [1.54, 1.807) is 7.05 Å². The third kappa shape index (κ3) is 4.18. The first-order valence-electron chi connectivity index (χ1n) is 5.60. The average Bonchev–Trinajstić information content (AvgIpc) is 2.76. The number of carbonyl (C=O) groups excluding carboxylic acids is 1. The minimum absolute atomic E-state index is 0.260. The summed E-state index contributed by atoms with van der Waals surface area (Å²) < 4.78 is 10.2. The molecular formula is C11H21NO3. The van der Waals surface area contributed by atoms with E-state index in [0.717, 1.165) is 6.61 Å². The summed E-state index contributed by atoms with van der Waals surface area (Å²) in [5.41, 5.74) is 0. The van der Waals surface area contributed by atoms with Crippen LogP contribution in [0.1, 0.15) is 25.7 Å². The molecule has 0 saturated heterocycles. The van der Waals surface area contributed by atoms with E-state index in [0.29, 0.717) is 12.5 Å². The van der Waals surface area contributed by atoms with Gasteiger partial charge in [0.15, 0.2) is 0 Å². The third-order valence-electron chi connectivity index (χ3n) is 2.95. The van der Waals surface area contributed by atoms with Crippen LogP contribution in [-0.2, 0) is 14.3 Å². The largest absolute Gasteiger partial charge is 0.468 e. The Bertz CT molecular complexity index is 190. The number of methoxy groups -OCH3 is 1. The van der Waals surface area contributed by atoms with E-state index in [1.165, 1.54) is 32.8 Å². The molecule has 1 aliphatic carbocycles. The maximum atomic E-state index is 11.2. The fraction of sp³-hybridized carbons (Fsp3) is 0.909. The average molecular weight is 215 g/mol. The molecule has 0 radical (unpaired) electrons. The van der Waals surface area contributed by atoms with Crippen LogP contribution in [0.2, 0.25) is 0 Å². The molecule has 1 fully saturated rings. The zero-order valence-electron chi connectivity index (χ0n) is 9.62. The standard InChI is InChI=1S/C11H21NO3/c1-12-10(11(13)14-2)8-15-7-9-5-3-4-6-9/h9-10,12H,3-8H2,1-2H3. The summed E-state index contributed by atoms with van der Waals surface area (Å²) in [4.78, 5) is 11.2. The number of rotatable bonds is 6. The quantitative estimate of drug-likeness (QED) is 0.670. The number of esters is 1. The summed E-state index contributed by atoms with van der Waals surface area (Å²) in [6.07, 6.45) is 5.17. The molecule has 0 amide bonds. The highest BCUT2D eigenvalue weighted by Crippen LogP contribution is 2.24. The second kappa shape index (κ2) is 6.80. The Balaban J connectivity index is 2.13. The van der Waals surface area contributed by atoms with Crippen molar-refractivity contribution >= 4 is 5.97 Å². The van der Waals surface area contributed by atoms with Crippen LogP contribution in [0, 0.1) is 5.92 Å². The second-order valence-corrected chi connectivity index (χ2v) is 4.05. The summed E-state index contributed by atoms with van der Waals surface area (Å²) in [7, 11) is 3.13. The van der Waals surface area contributed by atoms with E-state index in [1.807, 2.05) is 0 Å². The molecule has 1 rings (SSSR count). The first kappa shape index (κ1) is 12.5. The fourth-order valence-electron chi connectivity index (χ4n) is 1.94. The molecule has 1 unspecified atom stereocenters. The highest BCUT2D eigenvalue weighted by Gasteiger charge is 2.19. The van der Waals surface area contributed by atoms with Gasteiger partial charge in [0, 0.05) is 6.61 Å². The zero-order valence-corrected chi connectivity index (χ0v) is 9.62. The predicted molar refractivity (Wildman–Crippen MR) is 57.6 cm³/mol. The SMILES string of the molecule is CNC(COCC1CCCC1)C(=O)OC. The van der Waals surface area contributed by atoms with Crippen LogP contribution >= 0.6 is 0 Å². The summed E-state index contributed by atoms with van der Waals surface area (Å²) in [5.74, 6) is 0.434. The lowest BCUT2D eigenvalue weighted by atomic mass is 10.1. The Morgan fingerprint density at radius 1 is 1.47 bits per heavy atom. The molecule has 0 aromatic rings. The van der Waals surface area contributed by atoms with E-state index in [9.17, 15) is 4.79 Å². The van der Waals surface area contributed by atoms with E-state index in [-0.39, 0.29) is 12.0 Å². The summed E-state index contributed by atoms with van der Waals surface area (Å²) in [6.45, 7) is 1.18. The van der Waals surface area contributed by atoms with Gasteiger partial charge in [-0.15, -0.1) is 0 Å². The minimum Gasteiger partial charge on any atom is -0.468 e. The van der Waals surface area contributed by atoms with Crippen molar-refractivity contribution in [3.63, 3.8) is 0 Å². The van der Waals surface area contributed by atoms with Crippen LogP contribution in [0.5, 0.6) is 0 Å². The van der Waals surface area contributed by atoms with E-state index in [2.05, 4.69) is 10.1 Å². The molecule has 4 nitrogen and oxygen atoms in total. The Morgan fingerprint density at radius 3 is 2.67 bits per heavy atom. The van der Waals surface area contributed by atoms with Gasteiger partial charge < -0.3 is 14.8 Å². The van der Waals surface area contributed by atoms with Crippen molar-refractivity contribution in [2.45, 2.75) is 31.7 Å². The topological polar surface area (TPSA) is 47.6 Å². The third-order valence-corrected chi connectivity index (χ3v) is 2.95.